The summed E-state index contributed by atoms with van der Waals surface area (Å²) in [5.74, 6) is -0.213. The van der Waals surface area contributed by atoms with Gasteiger partial charge in [0.25, 0.3) is 5.91 Å². The number of amides is 1. The number of hydrogen-bond donors (Lipinski definition) is 0. The van der Waals surface area contributed by atoms with E-state index < -0.39 is 0 Å². The van der Waals surface area contributed by atoms with Gasteiger partial charge in [-0.15, -0.1) is 0 Å². The van der Waals surface area contributed by atoms with E-state index >= 15 is 0 Å². The number of nitriles is 1. The third-order valence-corrected chi connectivity index (χ3v) is 2.04. The lowest BCUT2D eigenvalue weighted by molar-refractivity contribution is -0.130. The molecule has 1 aliphatic heterocycles. The molecule has 0 saturated carbocycles. The van der Waals surface area contributed by atoms with Crippen LogP contribution in [0.3, 0.4) is 0 Å². The molecule has 0 aromatic rings. The molecule has 1 rings (SSSR count). The van der Waals surface area contributed by atoms with Crippen molar-refractivity contribution in [3.05, 3.63) is 11.8 Å². The van der Waals surface area contributed by atoms with Gasteiger partial charge in [-0.2, -0.15) is 5.26 Å². The molecular formula is C10H15N3O2. The molecule has 1 fully saturated rings. The first-order chi connectivity index (χ1) is 7.15. The molecule has 0 radical (unpaired) electrons. The van der Waals surface area contributed by atoms with Crippen molar-refractivity contribution in [3.63, 3.8) is 0 Å². The van der Waals surface area contributed by atoms with Gasteiger partial charge in [0.05, 0.1) is 13.2 Å². The van der Waals surface area contributed by atoms with Crippen LogP contribution in [-0.2, 0) is 9.53 Å². The summed E-state index contributed by atoms with van der Waals surface area (Å²) in [5, 5.41) is 8.85. The minimum Gasteiger partial charge on any atom is -0.382 e. The summed E-state index contributed by atoms with van der Waals surface area (Å²) in [5.41, 5.74) is 0.168. The summed E-state index contributed by atoms with van der Waals surface area (Å²) >= 11 is 0. The van der Waals surface area contributed by atoms with E-state index in [0.29, 0.717) is 26.3 Å². The van der Waals surface area contributed by atoms with Crippen LogP contribution in [0.25, 0.3) is 0 Å². The van der Waals surface area contributed by atoms with Crippen LogP contribution < -0.4 is 0 Å². The van der Waals surface area contributed by atoms with Gasteiger partial charge >= 0.3 is 0 Å². The summed E-state index contributed by atoms with van der Waals surface area (Å²) in [6, 6.07) is 1.92. The number of rotatable bonds is 2. The maximum Gasteiger partial charge on any atom is 0.266 e. The fourth-order valence-corrected chi connectivity index (χ4v) is 1.33. The van der Waals surface area contributed by atoms with Gasteiger partial charge in [0, 0.05) is 33.4 Å². The third-order valence-electron chi connectivity index (χ3n) is 2.04. The molecule has 1 heterocycles. The average molecular weight is 209 g/mol. The minimum atomic E-state index is -0.213. The number of nitrogens with zero attached hydrogens (tertiary/aromatic N) is 3. The summed E-state index contributed by atoms with van der Waals surface area (Å²) in [6.07, 6.45) is 1.54. The maximum absolute atomic E-state index is 11.8. The molecule has 5 heteroatoms. The van der Waals surface area contributed by atoms with Gasteiger partial charge in [-0.05, 0) is 0 Å². The van der Waals surface area contributed by atoms with Gasteiger partial charge in [-0.3, -0.25) is 4.79 Å². The Balaban J connectivity index is 2.68. The second kappa shape index (κ2) is 5.37. The van der Waals surface area contributed by atoms with Crippen LogP contribution in [0.1, 0.15) is 0 Å². The van der Waals surface area contributed by atoms with Crippen LogP contribution in [0, 0.1) is 11.3 Å². The smallest absolute Gasteiger partial charge is 0.266 e. The van der Waals surface area contributed by atoms with Gasteiger partial charge in [0.1, 0.15) is 11.6 Å². The topological polar surface area (TPSA) is 56.6 Å². The molecule has 0 atom stereocenters. The average Bonchev–Trinajstić information content (AvgIpc) is 2.26. The van der Waals surface area contributed by atoms with Crippen molar-refractivity contribution in [1.29, 1.82) is 5.26 Å². The largest absolute Gasteiger partial charge is 0.382 e. The molecule has 15 heavy (non-hydrogen) atoms. The quantitative estimate of drug-likeness (QED) is 0.467. The van der Waals surface area contributed by atoms with Crippen LogP contribution in [0.4, 0.5) is 0 Å². The molecule has 0 spiro atoms. The zero-order valence-corrected chi connectivity index (χ0v) is 9.06. The highest BCUT2D eigenvalue weighted by Crippen LogP contribution is 2.05. The second-order valence-corrected chi connectivity index (χ2v) is 3.52. The van der Waals surface area contributed by atoms with Crippen LogP contribution in [-0.4, -0.2) is 56.1 Å². The van der Waals surface area contributed by atoms with Crippen molar-refractivity contribution in [1.82, 2.24) is 9.80 Å². The van der Waals surface area contributed by atoms with Crippen molar-refractivity contribution in [3.8, 4) is 6.07 Å². The number of carbonyl (C=O) groups excluding carboxylic acids is 1. The van der Waals surface area contributed by atoms with Crippen molar-refractivity contribution in [2.75, 3.05) is 40.4 Å². The standard InChI is InChI=1S/C10H15N3O2/c1-12(2)8-9(7-11)10(14)13-3-5-15-6-4-13/h8H,3-6H2,1-2H3/b9-8+. The van der Waals surface area contributed by atoms with Gasteiger partial charge in [-0.25, -0.2) is 0 Å². The van der Waals surface area contributed by atoms with E-state index in [1.165, 1.54) is 6.20 Å². The minimum absolute atomic E-state index is 0.168. The van der Waals surface area contributed by atoms with E-state index in [-0.39, 0.29) is 11.5 Å². The summed E-state index contributed by atoms with van der Waals surface area (Å²) < 4.78 is 5.14. The van der Waals surface area contributed by atoms with E-state index in [9.17, 15) is 4.79 Å². The van der Waals surface area contributed by atoms with E-state index in [1.807, 2.05) is 6.07 Å². The first-order valence-electron chi connectivity index (χ1n) is 4.80. The normalized spacial score (nSPS) is 17.1. The zero-order valence-electron chi connectivity index (χ0n) is 9.06. The molecule has 0 unspecified atom stereocenters. The Bertz CT molecular complexity index is 298. The SMILES string of the molecule is CN(C)/C=C(\C#N)C(=O)N1CCOCC1. The summed E-state index contributed by atoms with van der Waals surface area (Å²) in [6.45, 7) is 2.22. The molecule has 0 aliphatic carbocycles. The lowest BCUT2D eigenvalue weighted by Gasteiger charge is -2.26. The Morgan fingerprint density at radius 1 is 1.47 bits per heavy atom. The number of ether oxygens (including phenoxy) is 1. The molecule has 5 nitrogen and oxygen atoms in total. The van der Waals surface area contributed by atoms with E-state index in [2.05, 4.69) is 0 Å². The number of hydrogen-bond acceptors (Lipinski definition) is 4. The van der Waals surface area contributed by atoms with Gasteiger partial charge in [0.15, 0.2) is 0 Å². The lowest BCUT2D eigenvalue weighted by Crippen LogP contribution is -2.41. The molecule has 82 valence electrons. The van der Waals surface area contributed by atoms with Gasteiger partial charge in [0.2, 0.25) is 0 Å². The molecule has 1 amide bonds. The van der Waals surface area contributed by atoms with E-state index in [0.717, 1.165) is 0 Å². The highest BCUT2D eigenvalue weighted by atomic mass is 16.5. The first-order valence-corrected chi connectivity index (χ1v) is 4.80. The molecule has 0 bridgehead atoms. The van der Waals surface area contributed by atoms with Crippen molar-refractivity contribution >= 4 is 5.91 Å². The second-order valence-electron chi connectivity index (χ2n) is 3.52. The Hall–Kier alpha value is -1.54. The number of morpholine rings is 1. The van der Waals surface area contributed by atoms with Crippen molar-refractivity contribution < 1.29 is 9.53 Å². The summed E-state index contributed by atoms with van der Waals surface area (Å²) in [7, 11) is 3.56. The Labute approximate surface area is 89.5 Å². The number of carbonyl (C=O) groups is 1. The Kier molecular flexibility index (Phi) is 4.13. The van der Waals surface area contributed by atoms with E-state index in [1.54, 1.807) is 23.9 Å². The molecule has 0 N–H and O–H groups in total. The lowest BCUT2D eigenvalue weighted by atomic mass is 10.2. The van der Waals surface area contributed by atoms with Gasteiger partial charge < -0.3 is 14.5 Å². The fourth-order valence-electron chi connectivity index (χ4n) is 1.33. The Morgan fingerprint density at radius 2 is 2.07 bits per heavy atom. The highest BCUT2D eigenvalue weighted by Gasteiger charge is 2.20. The van der Waals surface area contributed by atoms with Crippen molar-refractivity contribution in [2.24, 2.45) is 0 Å². The van der Waals surface area contributed by atoms with Crippen LogP contribution in [0.15, 0.2) is 11.8 Å². The van der Waals surface area contributed by atoms with Gasteiger partial charge in [-0.1, -0.05) is 0 Å². The maximum atomic E-state index is 11.8. The van der Waals surface area contributed by atoms with Crippen LogP contribution >= 0.6 is 0 Å². The van der Waals surface area contributed by atoms with Crippen molar-refractivity contribution in [2.45, 2.75) is 0 Å². The summed E-state index contributed by atoms with van der Waals surface area (Å²) in [4.78, 5) is 15.2. The predicted molar refractivity (Wildman–Crippen MR) is 54.8 cm³/mol. The zero-order chi connectivity index (χ0) is 11.3. The third kappa shape index (κ3) is 3.26. The molecule has 0 aromatic heterocycles. The molecular weight excluding hydrogens is 194 g/mol. The van der Waals surface area contributed by atoms with Crippen LogP contribution in [0.2, 0.25) is 0 Å². The molecule has 1 aliphatic rings. The van der Waals surface area contributed by atoms with E-state index in [4.69, 9.17) is 10.00 Å². The van der Waals surface area contributed by atoms with Crippen LogP contribution in [0.5, 0.6) is 0 Å². The monoisotopic (exact) mass is 209 g/mol. The highest BCUT2D eigenvalue weighted by molar-refractivity contribution is 5.97. The molecule has 0 aromatic carbocycles. The predicted octanol–water partition coefficient (Wildman–Crippen LogP) is -0.186. The first kappa shape index (κ1) is 11.5. The fraction of sp³-hybridized carbons (Fsp3) is 0.600. The Morgan fingerprint density at radius 3 is 2.53 bits per heavy atom. The molecule has 1 saturated heterocycles.